The Morgan fingerprint density at radius 1 is 1.15 bits per heavy atom. The zero-order valence-electron chi connectivity index (χ0n) is 14.9. The second kappa shape index (κ2) is 8.54. The normalized spacial score (nSPS) is 12.9. The van der Waals surface area contributed by atoms with Gasteiger partial charge in [0.2, 0.25) is 5.91 Å². The van der Waals surface area contributed by atoms with E-state index in [1.165, 1.54) is 18.7 Å². The van der Waals surface area contributed by atoms with Crippen LogP contribution in [0.5, 0.6) is 0 Å². The van der Waals surface area contributed by atoms with Crippen molar-refractivity contribution >= 4 is 39.6 Å². The first kappa shape index (κ1) is 22.0. The Morgan fingerprint density at radius 2 is 1.69 bits per heavy atom. The topological polar surface area (TPSA) is 130 Å². The summed E-state index contributed by atoms with van der Waals surface area (Å²) in [6, 6.07) is 3.42. The minimum Gasteiger partial charge on any atom is -0.478 e. The van der Waals surface area contributed by atoms with E-state index in [1.54, 1.807) is 0 Å². The summed E-state index contributed by atoms with van der Waals surface area (Å²) < 4.78 is 26.4. The number of hydrogen-bond acceptors (Lipinski definition) is 6. The Kier molecular flexibility index (Phi) is 7.22. The Hall–Kier alpha value is -2.07. The van der Waals surface area contributed by atoms with E-state index in [0.717, 1.165) is 24.3 Å². The number of carboxylic acid groups (broad SMARTS) is 1. The molecule has 1 unspecified atom stereocenters. The molecule has 0 radical (unpaired) electrons. The first-order chi connectivity index (χ1) is 11.8. The largest absolute Gasteiger partial charge is 0.478 e. The van der Waals surface area contributed by atoms with Crippen molar-refractivity contribution in [3.63, 3.8) is 0 Å². The number of sulfonamides is 1. The van der Waals surface area contributed by atoms with Gasteiger partial charge in [-0.1, -0.05) is 20.8 Å². The van der Waals surface area contributed by atoms with E-state index < -0.39 is 33.8 Å². The third kappa shape index (κ3) is 7.04. The molecule has 1 rings (SSSR count). The molecule has 1 atom stereocenters. The Bertz CT molecular complexity index is 782. The number of carbonyl (C=O) groups excluding carboxylic acids is 2. The van der Waals surface area contributed by atoms with Crippen molar-refractivity contribution in [3.05, 3.63) is 29.8 Å². The van der Waals surface area contributed by atoms with Crippen LogP contribution in [0.4, 0.5) is 0 Å². The van der Waals surface area contributed by atoms with Crippen LogP contribution in [-0.2, 0) is 19.6 Å². The maximum atomic E-state index is 12.3. The molecule has 0 aliphatic carbocycles. The van der Waals surface area contributed by atoms with E-state index >= 15 is 0 Å². The lowest BCUT2D eigenvalue weighted by Gasteiger charge is -2.23. The summed E-state index contributed by atoms with van der Waals surface area (Å²) in [5.41, 5.74) is -0.0759. The lowest BCUT2D eigenvalue weighted by atomic mass is 10.2. The Balaban J connectivity index is 2.94. The third-order valence-corrected chi connectivity index (χ3v) is 5.75. The number of amides is 2. The molecule has 8 nitrogen and oxygen atoms in total. The van der Waals surface area contributed by atoms with Crippen LogP contribution in [-0.4, -0.2) is 47.8 Å². The van der Waals surface area contributed by atoms with Crippen LogP contribution in [0.25, 0.3) is 0 Å². The number of rotatable bonds is 7. The van der Waals surface area contributed by atoms with Crippen LogP contribution < -0.4 is 10.0 Å². The summed E-state index contributed by atoms with van der Waals surface area (Å²) in [5, 5.41) is 11.3. The fraction of sp³-hybridized carbons (Fsp3) is 0.438. The summed E-state index contributed by atoms with van der Waals surface area (Å²) in [4.78, 5) is 34.2. The lowest BCUT2D eigenvalue weighted by molar-refractivity contribution is -0.126. The molecule has 0 aliphatic rings. The second-order valence-corrected chi connectivity index (χ2v) is 10.0. The van der Waals surface area contributed by atoms with E-state index in [9.17, 15) is 22.8 Å². The molecule has 1 aromatic carbocycles. The van der Waals surface area contributed by atoms with Crippen molar-refractivity contribution in [3.8, 4) is 0 Å². The third-order valence-electron chi connectivity index (χ3n) is 3.02. The van der Waals surface area contributed by atoms with Crippen LogP contribution in [0.1, 0.15) is 38.1 Å². The highest BCUT2D eigenvalue weighted by Crippen LogP contribution is 2.24. The van der Waals surface area contributed by atoms with Gasteiger partial charge in [0.25, 0.3) is 15.9 Å². The molecule has 0 bridgehead atoms. The molecular weight excluding hydrogens is 380 g/mol. The van der Waals surface area contributed by atoms with Gasteiger partial charge in [-0.25, -0.2) is 17.9 Å². The number of aromatic carboxylic acids is 1. The molecule has 144 valence electrons. The monoisotopic (exact) mass is 402 g/mol. The molecular formula is C16H22N2O6S2. The number of thioether (sulfide) groups is 1. The van der Waals surface area contributed by atoms with Crippen molar-refractivity contribution in [2.45, 2.75) is 43.4 Å². The number of carbonyl (C=O) groups is 3. The van der Waals surface area contributed by atoms with Gasteiger partial charge in [0.1, 0.15) is 6.04 Å². The fourth-order valence-corrected chi connectivity index (χ4v) is 3.72. The minimum atomic E-state index is -4.19. The van der Waals surface area contributed by atoms with Gasteiger partial charge in [0.15, 0.2) is 0 Å². The van der Waals surface area contributed by atoms with E-state index in [0.29, 0.717) is 0 Å². The summed E-state index contributed by atoms with van der Waals surface area (Å²) in [6.07, 6.45) is 0. The van der Waals surface area contributed by atoms with Crippen molar-refractivity contribution in [1.29, 1.82) is 0 Å². The highest BCUT2D eigenvalue weighted by molar-refractivity contribution is 8.00. The molecule has 0 spiro atoms. The SMILES string of the molecule is CC(=O)NC(CSC(C)(C)C)C(=O)NS(=O)(=O)c1ccc(C(=O)O)cc1. The molecule has 0 heterocycles. The van der Waals surface area contributed by atoms with Gasteiger partial charge in [0.05, 0.1) is 10.5 Å². The van der Waals surface area contributed by atoms with Gasteiger partial charge in [-0.2, -0.15) is 11.8 Å². The van der Waals surface area contributed by atoms with Crippen molar-refractivity contribution < 1.29 is 27.9 Å². The molecule has 0 fully saturated rings. The first-order valence-corrected chi connectivity index (χ1v) is 10.1. The van der Waals surface area contributed by atoms with Crippen LogP contribution in [0.2, 0.25) is 0 Å². The number of nitrogens with one attached hydrogen (secondary N) is 2. The lowest BCUT2D eigenvalue weighted by Crippen LogP contribution is -2.49. The van der Waals surface area contributed by atoms with E-state index in [2.05, 4.69) is 5.32 Å². The quantitative estimate of drug-likeness (QED) is 0.625. The van der Waals surface area contributed by atoms with Gasteiger partial charge in [-0.05, 0) is 24.3 Å². The molecule has 1 aromatic rings. The minimum absolute atomic E-state index is 0.0759. The summed E-state index contributed by atoms with van der Waals surface area (Å²) >= 11 is 1.40. The van der Waals surface area contributed by atoms with Gasteiger partial charge >= 0.3 is 5.97 Å². The zero-order valence-corrected chi connectivity index (χ0v) is 16.5. The Morgan fingerprint density at radius 3 is 2.12 bits per heavy atom. The van der Waals surface area contributed by atoms with Crippen LogP contribution in [0, 0.1) is 0 Å². The van der Waals surface area contributed by atoms with Gasteiger partial charge in [-0.3, -0.25) is 9.59 Å². The predicted molar refractivity (Wildman–Crippen MR) is 98.5 cm³/mol. The highest BCUT2D eigenvalue weighted by Gasteiger charge is 2.27. The van der Waals surface area contributed by atoms with E-state index in [1.807, 2.05) is 25.5 Å². The van der Waals surface area contributed by atoms with Gasteiger partial charge in [-0.15, -0.1) is 0 Å². The van der Waals surface area contributed by atoms with Crippen molar-refractivity contribution in [2.24, 2.45) is 0 Å². The molecule has 10 heteroatoms. The highest BCUT2D eigenvalue weighted by atomic mass is 32.2. The number of benzene rings is 1. The summed E-state index contributed by atoms with van der Waals surface area (Å²) in [7, 11) is -4.19. The average molecular weight is 402 g/mol. The number of hydrogen-bond donors (Lipinski definition) is 3. The molecule has 0 aromatic heterocycles. The predicted octanol–water partition coefficient (Wildman–Crippen LogP) is 1.23. The van der Waals surface area contributed by atoms with Crippen LogP contribution in [0.15, 0.2) is 29.2 Å². The second-order valence-electron chi connectivity index (χ2n) is 6.48. The summed E-state index contributed by atoms with van der Waals surface area (Å²) in [6.45, 7) is 7.03. The standard InChI is InChI=1S/C16H22N2O6S2/c1-10(19)17-13(9-25-16(2,3)4)14(20)18-26(23,24)12-7-5-11(6-8-12)15(21)22/h5-8,13H,9H2,1-4H3,(H,17,19)(H,18,20)(H,21,22). The molecule has 2 amide bonds. The van der Waals surface area contributed by atoms with Crippen LogP contribution in [0.3, 0.4) is 0 Å². The Labute approximate surface area is 156 Å². The molecule has 26 heavy (non-hydrogen) atoms. The smallest absolute Gasteiger partial charge is 0.335 e. The number of carboxylic acids is 1. The molecule has 0 saturated heterocycles. The average Bonchev–Trinajstić information content (AvgIpc) is 2.49. The fourth-order valence-electron chi connectivity index (χ4n) is 1.80. The molecule has 3 N–H and O–H groups in total. The van der Waals surface area contributed by atoms with Crippen LogP contribution >= 0.6 is 11.8 Å². The molecule has 0 saturated carbocycles. The van der Waals surface area contributed by atoms with Crippen molar-refractivity contribution in [1.82, 2.24) is 10.0 Å². The van der Waals surface area contributed by atoms with Gasteiger partial charge in [0, 0.05) is 17.4 Å². The zero-order chi connectivity index (χ0) is 20.1. The van der Waals surface area contributed by atoms with Crippen molar-refractivity contribution in [2.75, 3.05) is 5.75 Å². The summed E-state index contributed by atoms with van der Waals surface area (Å²) in [5.74, 6) is -2.31. The van der Waals surface area contributed by atoms with E-state index in [4.69, 9.17) is 5.11 Å². The van der Waals surface area contributed by atoms with E-state index in [-0.39, 0.29) is 21.0 Å². The maximum absolute atomic E-state index is 12.3. The first-order valence-electron chi connectivity index (χ1n) is 7.63. The maximum Gasteiger partial charge on any atom is 0.335 e. The van der Waals surface area contributed by atoms with Gasteiger partial charge < -0.3 is 10.4 Å². The molecule has 0 aliphatic heterocycles.